The van der Waals surface area contributed by atoms with E-state index in [4.69, 9.17) is 9.84 Å². The third-order valence-electron chi connectivity index (χ3n) is 3.34. The van der Waals surface area contributed by atoms with Crippen LogP contribution in [0.4, 0.5) is 0 Å². The summed E-state index contributed by atoms with van der Waals surface area (Å²) in [6.07, 6.45) is 1.35. The average molecular weight is 358 g/mol. The van der Waals surface area contributed by atoms with Gasteiger partial charge in [0.1, 0.15) is 31.8 Å². The molecule has 8 nitrogen and oxygen atoms in total. The first-order valence-corrected chi connectivity index (χ1v) is 7.61. The van der Waals surface area contributed by atoms with Crippen LogP contribution in [0.1, 0.15) is 21.5 Å². The van der Waals surface area contributed by atoms with Gasteiger partial charge in [-0.15, -0.1) is 0 Å². The Morgan fingerprint density at radius 2 is 1.92 bits per heavy atom. The van der Waals surface area contributed by atoms with Crippen molar-refractivity contribution in [2.75, 3.05) is 13.7 Å². The van der Waals surface area contributed by atoms with Crippen molar-refractivity contribution >= 4 is 18.1 Å². The van der Waals surface area contributed by atoms with Crippen LogP contribution < -0.4 is 10.1 Å². The second-order valence-electron chi connectivity index (χ2n) is 5.17. The van der Waals surface area contributed by atoms with Crippen LogP contribution in [-0.2, 0) is 16.2 Å². The zero-order valence-electron chi connectivity index (χ0n) is 14.0. The summed E-state index contributed by atoms with van der Waals surface area (Å²) in [4.78, 5) is 26.8. The minimum Gasteiger partial charge on any atom is -0.507 e. The summed E-state index contributed by atoms with van der Waals surface area (Å²) in [6, 6.07) is 11.4. The molecule has 0 saturated heterocycles. The molecule has 2 aromatic rings. The summed E-state index contributed by atoms with van der Waals surface area (Å²) in [5.74, 6) is -1.14. The van der Waals surface area contributed by atoms with Gasteiger partial charge < -0.3 is 25.1 Å². The molecule has 136 valence electrons. The third-order valence-corrected chi connectivity index (χ3v) is 3.34. The van der Waals surface area contributed by atoms with Gasteiger partial charge in [-0.1, -0.05) is 23.4 Å². The van der Waals surface area contributed by atoms with Crippen LogP contribution in [0.15, 0.2) is 47.6 Å². The summed E-state index contributed by atoms with van der Waals surface area (Å²) in [5, 5.41) is 24.4. The number of ether oxygens (including phenoxy) is 1. The SMILES string of the molecule is CO/N=C/c1c(O)cccc1OCc1ccc(C(=O)NCC(=O)O)cc1. The number of carboxylic acid groups (broad SMARTS) is 1. The van der Waals surface area contributed by atoms with Crippen LogP contribution in [0.2, 0.25) is 0 Å². The van der Waals surface area contributed by atoms with Gasteiger partial charge in [0, 0.05) is 5.56 Å². The summed E-state index contributed by atoms with van der Waals surface area (Å²) in [5.41, 5.74) is 1.53. The maximum absolute atomic E-state index is 11.8. The second kappa shape index (κ2) is 9.07. The van der Waals surface area contributed by atoms with Gasteiger partial charge in [0.2, 0.25) is 0 Å². The molecule has 0 fully saturated rings. The van der Waals surface area contributed by atoms with Gasteiger partial charge in [0.15, 0.2) is 0 Å². The molecule has 0 atom stereocenters. The van der Waals surface area contributed by atoms with E-state index in [1.807, 2.05) is 0 Å². The minimum absolute atomic E-state index is 0.00810. The topological polar surface area (TPSA) is 117 Å². The number of amides is 1. The number of hydrogen-bond donors (Lipinski definition) is 3. The Morgan fingerprint density at radius 3 is 2.58 bits per heavy atom. The van der Waals surface area contributed by atoms with Crippen molar-refractivity contribution in [1.82, 2.24) is 5.32 Å². The molecule has 0 aliphatic rings. The zero-order chi connectivity index (χ0) is 18.9. The van der Waals surface area contributed by atoms with Crippen molar-refractivity contribution in [3.8, 4) is 11.5 Å². The molecule has 0 bridgehead atoms. The fourth-order valence-corrected chi connectivity index (χ4v) is 2.06. The molecule has 0 radical (unpaired) electrons. The monoisotopic (exact) mass is 358 g/mol. The van der Waals surface area contributed by atoms with Crippen LogP contribution in [-0.4, -0.2) is 42.0 Å². The fourth-order valence-electron chi connectivity index (χ4n) is 2.06. The number of rotatable bonds is 8. The summed E-state index contributed by atoms with van der Waals surface area (Å²) < 4.78 is 5.70. The number of nitrogens with one attached hydrogen (secondary N) is 1. The lowest BCUT2D eigenvalue weighted by atomic mass is 10.1. The van der Waals surface area contributed by atoms with E-state index in [2.05, 4.69) is 15.3 Å². The highest BCUT2D eigenvalue weighted by molar-refractivity contribution is 5.95. The van der Waals surface area contributed by atoms with Crippen molar-refractivity contribution < 1.29 is 29.4 Å². The first kappa shape index (κ1) is 18.8. The Morgan fingerprint density at radius 1 is 1.19 bits per heavy atom. The van der Waals surface area contributed by atoms with E-state index in [9.17, 15) is 14.7 Å². The lowest BCUT2D eigenvalue weighted by Crippen LogP contribution is -2.29. The highest BCUT2D eigenvalue weighted by Crippen LogP contribution is 2.26. The minimum atomic E-state index is -1.11. The molecule has 0 spiro atoms. The van der Waals surface area contributed by atoms with E-state index < -0.39 is 18.4 Å². The molecule has 2 aromatic carbocycles. The maximum atomic E-state index is 11.8. The number of hydrogen-bond acceptors (Lipinski definition) is 6. The largest absolute Gasteiger partial charge is 0.507 e. The van der Waals surface area contributed by atoms with Gasteiger partial charge in [0.05, 0.1) is 11.8 Å². The quantitative estimate of drug-likeness (QED) is 0.489. The number of carbonyl (C=O) groups is 2. The van der Waals surface area contributed by atoms with Crippen molar-refractivity contribution in [1.29, 1.82) is 0 Å². The zero-order valence-corrected chi connectivity index (χ0v) is 14.0. The van der Waals surface area contributed by atoms with E-state index in [1.54, 1.807) is 36.4 Å². The Labute approximate surface area is 149 Å². The van der Waals surface area contributed by atoms with E-state index in [0.717, 1.165) is 5.56 Å². The van der Waals surface area contributed by atoms with Crippen LogP contribution >= 0.6 is 0 Å². The van der Waals surface area contributed by atoms with Crippen LogP contribution in [0.3, 0.4) is 0 Å². The van der Waals surface area contributed by atoms with Gasteiger partial charge in [-0.05, 0) is 29.8 Å². The van der Waals surface area contributed by atoms with Gasteiger partial charge in [-0.25, -0.2) is 0 Å². The number of benzene rings is 2. The maximum Gasteiger partial charge on any atom is 0.322 e. The standard InChI is InChI=1S/C18H18N2O6/c1-25-20-9-14-15(21)3-2-4-16(14)26-11-12-5-7-13(8-6-12)18(24)19-10-17(22)23/h2-9,21H,10-11H2,1H3,(H,19,24)(H,22,23)/b20-9+. The molecule has 0 aromatic heterocycles. The highest BCUT2D eigenvalue weighted by atomic mass is 16.6. The van der Waals surface area contributed by atoms with Crippen LogP contribution in [0.25, 0.3) is 0 Å². The van der Waals surface area contributed by atoms with E-state index in [0.29, 0.717) is 16.9 Å². The van der Waals surface area contributed by atoms with Crippen LogP contribution in [0.5, 0.6) is 11.5 Å². The first-order valence-electron chi connectivity index (χ1n) is 7.61. The average Bonchev–Trinajstić information content (AvgIpc) is 2.64. The summed E-state index contributed by atoms with van der Waals surface area (Å²) in [6.45, 7) is -0.235. The Bertz CT molecular complexity index is 802. The normalized spacial score (nSPS) is 10.5. The van der Waals surface area contributed by atoms with Gasteiger partial charge in [-0.2, -0.15) is 0 Å². The summed E-state index contributed by atoms with van der Waals surface area (Å²) >= 11 is 0. The molecule has 8 heteroatoms. The molecular formula is C18H18N2O6. The number of oxime groups is 1. The smallest absolute Gasteiger partial charge is 0.322 e. The van der Waals surface area contributed by atoms with E-state index in [1.165, 1.54) is 19.4 Å². The molecule has 0 aliphatic carbocycles. The van der Waals surface area contributed by atoms with E-state index >= 15 is 0 Å². The number of phenolic OH excluding ortho intramolecular Hbond substituents is 1. The molecule has 0 saturated carbocycles. The van der Waals surface area contributed by atoms with Crippen molar-refractivity contribution in [3.05, 3.63) is 59.2 Å². The predicted octanol–water partition coefficient (Wildman–Crippen LogP) is 1.77. The number of carboxylic acids is 1. The van der Waals surface area contributed by atoms with Crippen molar-refractivity contribution in [2.45, 2.75) is 6.61 Å². The molecule has 2 rings (SSSR count). The Kier molecular flexibility index (Phi) is 6.55. The number of phenols is 1. The number of aromatic hydroxyl groups is 1. The Balaban J connectivity index is 2.02. The van der Waals surface area contributed by atoms with E-state index in [-0.39, 0.29) is 12.4 Å². The molecular weight excluding hydrogens is 340 g/mol. The lowest BCUT2D eigenvalue weighted by molar-refractivity contribution is -0.135. The molecule has 0 unspecified atom stereocenters. The number of nitrogens with zero attached hydrogens (tertiary/aromatic N) is 1. The molecule has 26 heavy (non-hydrogen) atoms. The number of aliphatic carboxylic acids is 1. The van der Waals surface area contributed by atoms with Gasteiger partial charge in [-0.3, -0.25) is 9.59 Å². The predicted molar refractivity (Wildman–Crippen MR) is 93.5 cm³/mol. The first-order chi connectivity index (χ1) is 12.5. The lowest BCUT2D eigenvalue weighted by Gasteiger charge is -2.10. The van der Waals surface area contributed by atoms with Crippen molar-refractivity contribution in [2.24, 2.45) is 5.16 Å². The van der Waals surface area contributed by atoms with Gasteiger partial charge >= 0.3 is 5.97 Å². The molecule has 1 amide bonds. The molecule has 0 aliphatic heterocycles. The Hall–Kier alpha value is -3.55. The highest BCUT2D eigenvalue weighted by Gasteiger charge is 2.09. The second-order valence-corrected chi connectivity index (χ2v) is 5.17. The third kappa shape index (κ3) is 5.23. The summed E-state index contributed by atoms with van der Waals surface area (Å²) in [7, 11) is 1.39. The molecule has 3 N–H and O–H groups in total. The molecule has 0 heterocycles. The number of carbonyl (C=O) groups excluding carboxylic acids is 1. The van der Waals surface area contributed by atoms with Crippen molar-refractivity contribution in [3.63, 3.8) is 0 Å². The van der Waals surface area contributed by atoms with Gasteiger partial charge in [0.25, 0.3) is 5.91 Å². The van der Waals surface area contributed by atoms with Crippen LogP contribution in [0, 0.1) is 0 Å². The fraction of sp³-hybridized carbons (Fsp3) is 0.167.